The van der Waals surface area contributed by atoms with E-state index in [-0.39, 0.29) is 23.5 Å². The maximum atomic E-state index is 13.8. The summed E-state index contributed by atoms with van der Waals surface area (Å²) in [6.07, 6.45) is 0.0269. The molecule has 3 atom stereocenters. The maximum Gasteiger partial charge on any atom is 0.341 e. The number of epoxide rings is 1. The Morgan fingerprint density at radius 1 is 1.21 bits per heavy atom. The molecule has 3 unspecified atom stereocenters. The van der Waals surface area contributed by atoms with Crippen molar-refractivity contribution in [2.45, 2.75) is 37.7 Å². The topological polar surface area (TPSA) is 73.0 Å². The molecule has 2 aromatic rings. The molecule has 1 saturated heterocycles. The van der Waals surface area contributed by atoms with Gasteiger partial charge in [-0.1, -0.05) is 24.3 Å². The van der Waals surface area contributed by atoms with Crippen LogP contribution in [-0.2, 0) is 19.6 Å². The van der Waals surface area contributed by atoms with Gasteiger partial charge in [-0.3, -0.25) is 0 Å². The summed E-state index contributed by atoms with van der Waals surface area (Å²) in [5, 5.41) is 0. The van der Waals surface area contributed by atoms with Gasteiger partial charge < -0.3 is 9.47 Å². The van der Waals surface area contributed by atoms with E-state index in [9.17, 15) is 13.2 Å². The largest absolute Gasteiger partial charge is 0.485 e. The van der Waals surface area contributed by atoms with Gasteiger partial charge in [0.25, 0.3) is 0 Å². The van der Waals surface area contributed by atoms with E-state index in [4.69, 9.17) is 9.47 Å². The molecule has 0 aliphatic carbocycles. The molecular weight excluding hydrogens is 378 g/mol. The number of sulfonamides is 1. The minimum atomic E-state index is -4.02. The number of hydrogen-bond acceptors (Lipinski definition) is 5. The van der Waals surface area contributed by atoms with Gasteiger partial charge in [-0.05, 0) is 44.0 Å². The second-order valence-electron chi connectivity index (χ2n) is 7.37. The minimum Gasteiger partial charge on any atom is -0.485 e. The predicted molar refractivity (Wildman–Crippen MR) is 106 cm³/mol. The van der Waals surface area contributed by atoms with Crippen molar-refractivity contribution in [2.75, 3.05) is 19.8 Å². The number of aryl methyl sites for hydroxylation is 1. The first-order valence-corrected chi connectivity index (χ1v) is 10.9. The normalized spacial score (nSPS) is 27.9. The summed E-state index contributed by atoms with van der Waals surface area (Å²) in [4.78, 5) is 13.8. The van der Waals surface area contributed by atoms with Crippen LogP contribution in [0.2, 0.25) is 0 Å². The monoisotopic (exact) mass is 402 g/mol. The minimum absolute atomic E-state index is 0.0269. The molecule has 2 aliphatic rings. The van der Waals surface area contributed by atoms with Gasteiger partial charge in [0.1, 0.15) is 24.2 Å². The molecule has 28 heavy (non-hydrogen) atoms. The van der Waals surface area contributed by atoms with E-state index < -0.39 is 19.8 Å². The van der Waals surface area contributed by atoms with E-state index in [0.29, 0.717) is 30.2 Å². The number of para-hydroxylation sites is 2. The van der Waals surface area contributed by atoms with Gasteiger partial charge in [-0.25, -0.2) is 4.79 Å². The number of carbonyl (C=O) groups excluding carboxylic acids is 1. The highest BCUT2D eigenvalue weighted by atomic mass is 32.2. The molecule has 4 rings (SSSR count). The summed E-state index contributed by atoms with van der Waals surface area (Å²) in [6, 6.07) is 12.2. The average Bonchev–Trinajstić information content (AvgIpc) is 3.51. The van der Waals surface area contributed by atoms with E-state index >= 15 is 0 Å². The first-order valence-electron chi connectivity index (χ1n) is 9.45. The zero-order chi connectivity index (χ0) is 20.1. The second kappa shape index (κ2) is 6.69. The van der Waals surface area contributed by atoms with E-state index in [1.807, 2.05) is 13.0 Å². The van der Waals surface area contributed by atoms with E-state index in [1.165, 1.54) is 0 Å². The quantitative estimate of drug-likeness (QED) is 0.568. The molecule has 7 heteroatoms. The first kappa shape index (κ1) is 19.1. The summed E-state index contributed by atoms with van der Waals surface area (Å²) < 4.78 is 38.0. The zero-order valence-corrected chi connectivity index (χ0v) is 17.0. The maximum absolute atomic E-state index is 13.8. The Kier molecular flexibility index (Phi) is 4.56. The number of ether oxygens (including phenoxy) is 2. The summed E-state index contributed by atoms with van der Waals surface area (Å²) >= 11 is 0. The molecule has 0 aromatic heterocycles. The smallest absolute Gasteiger partial charge is 0.341 e. The van der Waals surface area contributed by atoms with Crippen LogP contribution in [0.3, 0.4) is 0 Å². The number of rotatable bonds is 5. The lowest BCUT2D eigenvalue weighted by molar-refractivity contribution is -0.127. The molecule has 6 nitrogen and oxygen atoms in total. The third-order valence-corrected chi connectivity index (χ3v) is 7.94. The molecule has 0 radical (unpaired) electrons. The van der Waals surface area contributed by atoms with E-state index in [1.54, 1.807) is 50.2 Å². The van der Waals surface area contributed by atoms with Crippen LogP contribution in [0.25, 0.3) is 0 Å². The molecule has 1 amide bonds. The second-order valence-corrected chi connectivity index (χ2v) is 9.38. The Bertz CT molecular complexity index is 1040. The van der Waals surface area contributed by atoms with Crippen molar-refractivity contribution in [3.05, 3.63) is 53.6 Å². The third kappa shape index (κ3) is 2.69. The molecular formula is C21H24NO5S+. The highest BCUT2D eigenvalue weighted by Gasteiger charge is 2.58. The Labute approximate surface area is 165 Å². The van der Waals surface area contributed by atoms with E-state index in [2.05, 4.69) is 0 Å². The van der Waals surface area contributed by atoms with Crippen LogP contribution in [0.15, 0.2) is 47.4 Å². The third-order valence-electron chi connectivity index (χ3n) is 5.58. The lowest BCUT2D eigenvalue weighted by Crippen LogP contribution is -2.62. The average molecular weight is 402 g/mol. The van der Waals surface area contributed by atoms with Crippen molar-refractivity contribution >= 4 is 21.6 Å². The lowest BCUT2D eigenvalue weighted by Gasteiger charge is -2.39. The van der Waals surface area contributed by atoms with Gasteiger partial charge in [-0.2, -0.15) is 8.42 Å². The molecule has 0 bridgehead atoms. The van der Waals surface area contributed by atoms with E-state index in [0.717, 1.165) is 5.56 Å². The highest BCUT2D eigenvalue weighted by molar-refractivity contribution is 7.91. The summed E-state index contributed by atoms with van der Waals surface area (Å²) in [5.41, 5.74) is 1.76. The van der Waals surface area contributed by atoms with Crippen molar-refractivity contribution in [3.8, 4) is 5.75 Å². The molecule has 2 aromatic carbocycles. The zero-order valence-electron chi connectivity index (χ0n) is 16.2. The number of hydrogen-bond donors (Lipinski definition) is 0. The Morgan fingerprint density at radius 2 is 1.93 bits per heavy atom. The van der Waals surface area contributed by atoms with Crippen LogP contribution in [0, 0.1) is 6.92 Å². The molecule has 0 spiro atoms. The highest BCUT2D eigenvalue weighted by Crippen LogP contribution is 2.46. The number of amides is 1. The van der Waals surface area contributed by atoms with Gasteiger partial charge >= 0.3 is 15.9 Å². The Balaban J connectivity index is 1.94. The molecule has 2 heterocycles. The van der Waals surface area contributed by atoms with Crippen molar-refractivity contribution < 1.29 is 22.7 Å². The van der Waals surface area contributed by atoms with Gasteiger partial charge in [0, 0.05) is 6.07 Å². The van der Waals surface area contributed by atoms with Crippen LogP contribution in [0.5, 0.6) is 5.75 Å². The van der Waals surface area contributed by atoms with Crippen LogP contribution in [0.1, 0.15) is 30.9 Å². The fraction of sp³-hybridized carbons (Fsp3) is 0.381. The number of likely N-dealkylation sites (N-methyl/N-ethyl adjacent to an activating group) is 1. The van der Waals surface area contributed by atoms with Crippen LogP contribution >= 0.6 is 0 Å². The van der Waals surface area contributed by atoms with Gasteiger partial charge in [-0.15, -0.1) is 3.89 Å². The van der Waals surface area contributed by atoms with Gasteiger partial charge in [0.15, 0.2) is 11.4 Å². The number of fused-ring (bicyclic) bond motifs is 1. The fourth-order valence-corrected chi connectivity index (χ4v) is 6.28. The molecule has 2 aliphatic heterocycles. The fourth-order valence-electron chi connectivity index (χ4n) is 3.92. The van der Waals surface area contributed by atoms with Crippen LogP contribution in [-0.4, -0.2) is 40.2 Å². The number of carbonyl (C=O) groups is 1. The number of nitrogens with zero attached hydrogens (tertiary/aromatic N) is 1. The van der Waals surface area contributed by atoms with Gasteiger partial charge in [0.2, 0.25) is 0 Å². The van der Waals surface area contributed by atoms with Crippen molar-refractivity contribution in [3.63, 3.8) is 0 Å². The molecule has 0 saturated carbocycles. The Morgan fingerprint density at radius 3 is 2.61 bits per heavy atom. The van der Waals surface area contributed by atoms with Crippen LogP contribution < -0.4 is 8.63 Å². The number of benzene rings is 2. The van der Waals surface area contributed by atoms with Crippen molar-refractivity contribution in [1.82, 2.24) is 3.89 Å². The summed E-state index contributed by atoms with van der Waals surface area (Å²) in [7, 11) is -4.02. The molecule has 0 N–H and O–H groups in total. The molecule has 148 valence electrons. The summed E-state index contributed by atoms with van der Waals surface area (Å²) in [5.74, 6) is -0.503. The van der Waals surface area contributed by atoms with Crippen molar-refractivity contribution in [1.29, 1.82) is 0 Å². The first-order chi connectivity index (χ1) is 13.3. The number of quaternary nitrogens is 1. The SMILES string of the molecule is CC[N+]1(c2ccccc2OCC2CO2)C(=O)C(C)c2ccc(C)cc2S1(=O)=O. The lowest BCUT2D eigenvalue weighted by atomic mass is 9.97. The summed E-state index contributed by atoms with van der Waals surface area (Å²) in [6.45, 7) is 6.40. The predicted octanol–water partition coefficient (Wildman–Crippen LogP) is 3.13. The standard InChI is InChI=1S/C21H24NO5S/c1-4-22(18-7-5-6-8-19(18)27-13-16-12-26-16)21(23)15(3)17-10-9-14(2)11-20(17)28(22,24)25/h5-11,15-16H,4,12-13H2,1-3H3/q+1. The Hall–Kier alpha value is -2.22. The van der Waals surface area contributed by atoms with Crippen molar-refractivity contribution in [2.24, 2.45) is 0 Å². The molecule has 1 fully saturated rings. The van der Waals surface area contributed by atoms with Crippen LogP contribution in [0.4, 0.5) is 5.69 Å². The van der Waals surface area contributed by atoms with Gasteiger partial charge in [0.05, 0.1) is 12.5 Å².